The predicted molar refractivity (Wildman–Crippen MR) is 80.2 cm³/mol. The minimum atomic E-state index is -0.913. The normalized spacial score (nSPS) is 13.7. The van der Waals surface area contributed by atoms with Crippen molar-refractivity contribution in [1.29, 1.82) is 0 Å². The second-order valence-corrected chi connectivity index (χ2v) is 5.41. The van der Waals surface area contributed by atoms with Crippen LogP contribution in [0.3, 0.4) is 0 Å². The second kappa shape index (κ2) is 7.98. The highest BCUT2D eigenvalue weighted by Gasteiger charge is 2.30. The molecule has 1 unspecified atom stereocenters. The number of hydrogen-bond donors (Lipinski definition) is 2. The summed E-state index contributed by atoms with van der Waals surface area (Å²) in [5.41, 5.74) is 0.0283. The maximum atomic E-state index is 13.5. The van der Waals surface area contributed by atoms with Crippen molar-refractivity contribution >= 4 is 5.97 Å². The molecule has 1 atom stereocenters. The molecule has 1 aromatic rings. The van der Waals surface area contributed by atoms with Gasteiger partial charge in [-0.1, -0.05) is 13.0 Å². The van der Waals surface area contributed by atoms with Crippen molar-refractivity contribution in [3.05, 3.63) is 29.6 Å². The van der Waals surface area contributed by atoms with Crippen LogP contribution in [-0.4, -0.2) is 29.8 Å². The molecule has 1 rings (SSSR count). The number of benzene rings is 1. The van der Waals surface area contributed by atoms with Crippen molar-refractivity contribution in [2.24, 2.45) is 0 Å². The number of nitrogens with one attached hydrogen (secondary N) is 1. The van der Waals surface area contributed by atoms with Crippen LogP contribution in [0.2, 0.25) is 0 Å². The zero-order chi connectivity index (χ0) is 15.9. The van der Waals surface area contributed by atoms with Crippen LogP contribution >= 0.6 is 0 Å². The molecular weight excluding hydrogens is 273 g/mol. The molecule has 0 bridgehead atoms. The summed E-state index contributed by atoms with van der Waals surface area (Å²) < 4.78 is 18.9. The summed E-state index contributed by atoms with van der Waals surface area (Å²) in [6.45, 7) is 6.42. The fourth-order valence-corrected chi connectivity index (χ4v) is 2.15. The van der Waals surface area contributed by atoms with Crippen molar-refractivity contribution in [2.45, 2.75) is 45.6 Å². The minimum Gasteiger partial charge on any atom is -0.491 e. The summed E-state index contributed by atoms with van der Waals surface area (Å²) in [4.78, 5) is 11.2. The third kappa shape index (κ3) is 5.34. The molecule has 5 heteroatoms. The van der Waals surface area contributed by atoms with Crippen LogP contribution in [0.15, 0.2) is 18.2 Å². The molecule has 0 aliphatic heterocycles. The van der Waals surface area contributed by atoms with Crippen molar-refractivity contribution in [3.8, 4) is 5.75 Å². The Bertz CT molecular complexity index is 479. The number of hydrogen-bond acceptors (Lipinski definition) is 3. The summed E-state index contributed by atoms with van der Waals surface area (Å²) in [6, 6.07) is 4.74. The van der Waals surface area contributed by atoms with E-state index in [9.17, 15) is 14.3 Å². The zero-order valence-corrected chi connectivity index (χ0v) is 12.9. The van der Waals surface area contributed by atoms with E-state index in [2.05, 4.69) is 5.32 Å². The number of carboxylic acids is 1. The van der Waals surface area contributed by atoms with Crippen LogP contribution in [0.5, 0.6) is 5.75 Å². The maximum absolute atomic E-state index is 13.5. The molecule has 0 amide bonds. The first-order chi connectivity index (χ1) is 9.89. The molecule has 0 fully saturated rings. The van der Waals surface area contributed by atoms with Gasteiger partial charge >= 0.3 is 5.97 Å². The Morgan fingerprint density at radius 1 is 1.43 bits per heavy atom. The summed E-state index contributed by atoms with van der Waals surface area (Å²) in [5, 5.41) is 12.2. The van der Waals surface area contributed by atoms with Crippen LogP contribution in [0.4, 0.5) is 4.39 Å². The van der Waals surface area contributed by atoms with E-state index in [-0.39, 0.29) is 11.6 Å². The van der Waals surface area contributed by atoms with E-state index in [1.807, 2.05) is 13.8 Å². The van der Waals surface area contributed by atoms with Gasteiger partial charge in [-0.2, -0.15) is 0 Å². The molecule has 0 heterocycles. The van der Waals surface area contributed by atoms with Crippen molar-refractivity contribution in [3.63, 3.8) is 0 Å². The fourth-order valence-electron chi connectivity index (χ4n) is 2.15. The second-order valence-electron chi connectivity index (χ2n) is 5.41. The molecule has 0 aliphatic carbocycles. The minimum absolute atomic E-state index is 0.252. The molecule has 0 saturated carbocycles. The summed E-state index contributed by atoms with van der Waals surface area (Å²) in [5.74, 6) is -0.971. The average molecular weight is 297 g/mol. The number of ether oxygens (including phenoxy) is 1. The topological polar surface area (TPSA) is 58.6 Å². The molecule has 1 aromatic carbocycles. The number of aliphatic carboxylic acids is 1. The molecule has 0 aliphatic rings. The van der Waals surface area contributed by atoms with Crippen LogP contribution < -0.4 is 10.1 Å². The zero-order valence-electron chi connectivity index (χ0n) is 12.9. The molecule has 4 nitrogen and oxygen atoms in total. The van der Waals surface area contributed by atoms with Gasteiger partial charge in [0.05, 0.1) is 6.61 Å². The summed E-state index contributed by atoms with van der Waals surface area (Å²) in [7, 11) is 0. The van der Waals surface area contributed by atoms with Gasteiger partial charge in [-0.15, -0.1) is 0 Å². The molecule has 0 spiro atoms. The number of halogens is 1. The van der Waals surface area contributed by atoms with Gasteiger partial charge < -0.3 is 15.2 Å². The first-order valence-electron chi connectivity index (χ1n) is 7.26. The van der Waals surface area contributed by atoms with Gasteiger partial charge in [-0.25, -0.2) is 4.39 Å². The smallest absolute Gasteiger partial charge is 0.323 e. The predicted octanol–water partition coefficient (Wildman–Crippen LogP) is 3.14. The van der Waals surface area contributed by atoms with E-state index < -0.39 is 11.5 Å². The van der Waals surface area contributed by atoms with Crippen LogP contribution in [-0.2, 0) is 4.79 Å². The Hall–Kier alpha value is -1.62. The number of likely N-dealkylation sites (N-methyl/N-ethyl adjacent to an activating group) is 1. The van der Waals surface area contributed by atoms with E-state index >= 15 is 0 Å². The molecule has 21 heavy (non-hydrogen) atoms. The van der Waals surface area contributed by atoms with Gasteiger partial charge in [0.25, 0.3) is 0 Å². The summed E-state index contributed by atoms with van der Waals surface area (Å²) in [6.07, 6.45) is 1.89. The van der Waals surface area contributed by atoms with Crippen molar-refractivity contribution in [1.82, 2.24) is 5.32 Å². The van der Waals surface area contributed by atoms with E-state index in [4.69, 9.17) is 4.74 Å². The number of unbranched alkanes of at least 4 members (excludes halogenated alkanes) is 1. The molecule has 2 N–H and O–H groups in total. The average Bonchev–Trinajstić information content (AvgIpc) is 2.42. The maximum Gasteiger partial charge on any atom is 0.323 e. The third-order valence-corrected chi connectivity index (χ3v) is 3.45. The van der Waals surface area contributed by atoms with Crippen molar-refractivity contribution < 1.29 is 19.0 Å². The SMILES string of the molecule is CCNC(C)(CCCCOc1cc(C)ccc1F)C(=O)O. The summed E-state index contributed by atoms with van der Waals surface area (Å²) >= 11 is 0. The molecule has 0 saturated heterocycles. The van der Waals surface area contributed by atoms with Crippen molar-refractivity contribution in [2.75, 3.05) is 13.2 Å². The van der Waals surface area contributed by atoms with Gasteiger partial charge in [-0.05, 0) is 57.4 Å². The Labute approximate surface area is 125 Å². The van der Waals surface area contributed by atoms with E-state index in [0.717, 1.165) is 5.56 Å². The van der Waals surface area contributed by atoms with Crippen LogP contribution in [0.1, 0.15) is 38.7 Å². The number of aryl methyl sites for hydroxylation is 1. The quantitative estimate of drug-likeness (QED) is 0.688. The van der Waals surface area contributed by atoms with Gasteiger partial charge in [0.2, 0.25) is 0 Å². The Morgan fingerprint density at radius 3 is 2.76 bits per heavy atom. The molecular formula is C16H24FNO3. The Balaban J connectivity index is 2.37. The van der Waals surface area contributed by atoms with Gasteiger partial charge in [0.1, 0.15) is 5.54 Å². The highest BCUT2D eigenvalue weighted by molar-refractivity contribution is 5.78. The lowest BCUT2D eigenvalue weighted by molar-refractivity contribution is -0.144. The standard InChI is InChI=1S/C16H24FNO3/c1-4-18-16(3,15(19)20)9-5-6-10-21-14-11-12(2)7-8-13(14)17/h7-8,11,18H,4-6,9-10H2,1-3H3,(H,19,20). The molecule has 0 radical (unpaired) electrons. The van der Waals surface area contributed by atoms with E-state index in [0.29, 0.717) is 32.4 Å². The van der Waals surface area contributed by atoms with E-state index in [1.165, 1.54) is 6.07 Å². The first kappa shape index (κ1) is 17.4. The van der Waals surface area contributed by atoms with Gasteiger partial charge in [0, 0.05) is 0 Å². The molecule has 118 valence electrons. The lowest BCUT2D eigenvalue weighted by atomic mass is 9.95. The van der Waals surface area contributed by atoms with Gasteiger partial charge in [0.15, 0.2) is 11.6 Å². The molecule has 0 aromatic heterocycles. The number of carbonyl (C=O) groups is 1. The largest absolute Gasteiger partial charge is 0.491 e. The number of rotatable bonds is 9. The Kier molecular flexibility index (Phi) is 6.62. The lowest BCUT2D eigenvalue weighted by Crippen LogP contribution is -2.49. The Morgan fingerprint density at radius 2 is 2.14 bits per heavy atom. The highest BCUT2D eigenvalue weighted by Crippen LogP contribution is 2.19. The fraction of sp³-hybridized carbons (Fsp3) is 0.562. The highest BCUT2D eigenvalue weighted by atomic mass is 19.1. The monoisotopic (exact) mass is 297 g/mol. The first-order valence-corrected chi connectivity index (χ1v) is 7.26. The van der Waals surface area contributed by atoms with Crippen LogP contribution in [0.25, 0.3) is 0 Å². The van der Waals surface area contributed by atoms with E-state index in [1.54, 1.807) is 19.1 Å². The van der Waals surface area contributed by atoms with Crippen LogP contribution in [0, 0.1) is 12.7 Å². The number of carboxylic acid groups (broad SMARTS) is 1. The third-order valence-electron chi connectivity index (χ3n) is 3.45. The lowest BCUT2D eigenvalue weighted by Gasteiger charge is -2.25. The van der Waals surface area contributed by atoms with Gasteiger partial charge in [-0.3, -0.25) is 4.79 Å².